The van der Waals surface area contributed by atoms with Crippen LogP contribution in [0.1, 0.15) is 46.6 Å². The summed E-state index contributed by atoms with van der Waals surface area (Å²) in [7, 11) is 1.70. The first-order valence-corrected chi connectivity index (χ1v) is 14.2. The lowest BCUT2D eigenvalue weighted by Gasteiger charge is -2.43. The average molecular weight is 552 g/mol. The van der Waals surface area contributed by atoms with Crippen molar-refractivity contribution in [3.63, 3.8) is 0 Å². The van der Waals surface area contributed by atoms with Crippen molar-refractivity contribution >= 4 is 17.7 Å². The fourth-order valence-electron chi connectivity index (χ4n) is 7.35. The van der Waals surface area contributed by atoms with Crippen molar-refractivity contribution in [2.45, 2.75) is 76.3 Å². The molecule has 3 aliphatic rings. The molecule has 1 spiro atoms. The van der Waals surface area contributed by atoms with Gasteiger partial charge in [0.25, 0.3) is 0 Å². The van der Waals surface area contributed by atoms with E-state index in [4.69, 9.17) is 4.74 Å². The van der Waals surface area contributed by atoms with Gasteiger partial charge in [0.2, 0.25) is 17.7 Å². The van der Waals surface area contributed by atoms with E-state index in [0.29, 0.717) is 25.9 Å². The molecule has 3 amide bonds. The minimum Gasteiger partial charge on any atom is -0.394 e. The van der Waals surface area contributed by atoms with Crippen LogP contribution < -0.4 is 0 Å². The van der Waals surface area contributed by atoms with Gasteiger partial charge in [-0.15, -0.1) is 13.2 Å². The van der Waals surface area contributed by atoms with Crippen LogP contribution in [0.2, 0.25) is 0 Å². The third-order valence-corrected chi connectivity index (χ3v) is 9.34. The smallest absolute Gasteiger partial charge is 0.249 e. The lowest BCUT2D eigenvalue weighted by atomic mass is 9.62. The first-order valence-electron chi connectivity index (χ1n) is 14.2. The fraction of sp³-hybridized carbons (Fsp3) is 0.594. The van der Waals surface area contributed by atoms with Gasteiger partial charge in [-0.05, 0) is 52.0 Å². The first kappa shape index (κ1) is 30.0. The van der Waals surface area contributed by atoms with E-state index in [-0.39, 0.29) is 30.2 Å². The molecule has 1 aromatic rings. The van der Waals surface area contributed by atoms with Gasteiger partial charge in [-0.3, -0.25) is 14.4 Å². The number of hydrogen-bond acceptors (Lipinski definition) is 5. The van der Waals surface area contributed by atoms with Gasteiger partial charge in [-0.2, -0.15) is 0 Å². The van der Waals surface area contributed by atoms with Crippen molar-refractivity contribution in [2.24, 2.45) is 17.8 Å². The molecule has 3 aliphatic heterocycles. The lowest BCUT2D eigenvalue weighted by molar-refractivity contribution is -0.159. The largest absolute Gasteiger partial charge is 0.394 e. The van der Waals surface area contributed by atoms with Gasteiger partial charge in [0, 0.05) is 25.7 Å². The number of ether oxygens (including phenoxy) is 1. The number of likely N-dealkylation sites (N-methyl/N-ethyl adjacent to an activating group) is 1. The number of aliphatic hydroxyl groups excluding tert-OH is 1. The molecule has 40 heavy (non-hydrogen) atoms. The van der Waals surface area contributed by atoms with Crippen molar-refractivity contribution in [3.05, 3.63) is 61.2 Å². The lowest BCUT2D eigenvalue weighted by Crippen LogP contribution is -2.62. The molecular formula is C32H45N3O5. The quantitative estimate of drug-likeness (QED) is 0.452. The van der Waals surface area contributed by atoms with Crippen molar-refractivity contribution in [3.8, 4) is 0 Å². The molecule has 0 aliphatic carbocycles. The van der Waals surface area contributed by atoms with Crippen molar-refractivity contribution in [1.82, 2.24) is 14.7 Å². The zero-order chi connectivity index (χ0) is 29.6. The zero-order valence-corrected chi connectivity index (χ0v) is 24.8. The van der Waals surface area contributed by atoms with Crippen LogP contribution in [-0.4, -0.2) is 93.1 Å². The molecule has 0 aromatic heterocycles. The Bertz CT molecular complexity index is 1160. The van der Waals surface area contributed by atoms with E-state index in [1.807, 2.05) is 65.0 Å². The third kappa shape index (κ3) is 4.59. The molecule has 7 atom stereocenters. The van der Waals surface area contributed by atoms with E-state index < -0.39 is 40.7 Å². The molecule has 8 heteroatoms. The van der Waals surface area contributed by atoms with Crippen molar-refractivity contribution < 1.29 is 24.2 Å². The van der Waals surface area contributed by atoms with Gasteiger partial charge in [0.05, 0.1) is 30.1 Å². The van der Waals surface area contributed by atoms with Crippen molar-refractivity contribution in [2.75, 3.05) is 26.7 Å². The summed E-state index contributed by atoms with van der Waals surface area (Å²) in [6, 6.07) is 7.97. The van der Waals surface area contributed by atoms with E-state index in [1.165, 1.54) is 0 Å². The summed E-state index contributed by atoms with van der Waals surface area (Å²) in [5.74, 6) is -2.41. The number of rotatable bonds is 10. The van der Waals surface area contributed by atoms with Gasteiger partial charge < -0.3 is 24.5 Å². The van der Waals surface area contributed by atoms with Crippen LogP contribution in [0.5, 0.6) is 0 Å². The van der Waals surface area contributed by atoms with Crippen LogP contribution in [0, 0.1) is 17.8 Å². The summed E-state index contributed by atoms with van der Waals surface area (Å²) in [5.41, 5.74) is -1.71. The second-order valence-electron chi connectivity index (χ2n) is 12.9. The molecule has 2 bridgehead atoms. The topological polar surface area (TPSA) is 90.4 Å². The summed E-state index contributed by atoms with van der Waals surface area (Å²) in [5, 5.41) is 10.7. The molecule has 1 N–H and O–H groups in total. The monoisotopic (exact) mass is 551 g/mol. The second kappa shape index (κ2) is 10.8. The molecular weight excluding hydrogens is 506 g/mol. The number of fused-ring (bicyclic) bond motifs is 1. The van der Waals surface area contributed by atoms with E-state index in [9.17, 15) is 19.5 Å². The molecule has 3 saturated heterocycles. The standard InChI is InChI=1S/C32H45N3O5/c1-9-16-33(8)27(37)24-25-28(38)35(23(20-36)18-22-14-12-11-13-15-22)26(29(39)34(17-10-2)30(4,5)6)32(25)19-21(3)31(24,7)40-32/h9-15,21,23-26,36H,1-2,16-20H2,3-8H3/t21?,23-,24+,25+,26?,31-,32?/m1/s1. The van der Waals surface area contributed by atoms with E-state index in [1.54, 1.807) is 33.9 Å². The average Bonchev–Trinajstić information content (AvgIpc) is 3.41. The van der Waals surface area contributed by atoms with Gasteiger partial charge in [0.1, 0.15) is 11.6 Å². The predicted octanol–water partition coefficient (Wildman–Crippen LogP) is 3.06. The molecule has 0 saturated carbocycles. The summed E-state index contributed by atoms with van der Waals surface area (Å²) in [4.78, 5) is 48.1. The molecule has 8 nitrogen and oxygen atoms in total. The molecule has 1 aromatic carbocycles. The minimum atomic E-state index is -1.19. The Morgan fingerprint density at radius 2 is 1.80 bits per heavy atom. The molecule has 3 fully saturated rings. The Labute approximate surface area is 238 Å². The van der Waals surface area contributed by atoms with Crippen LogP contribution in [0.4, 0.5) is 0 Å². The molecule has 218 valence electrons. The van der Waals surface area contributed by atoms with E-state index in [0.717, 1.165) is 5.56 Å². The summed E-state index contributed by atoms with van der Waals surface area (Å²) >= 11 is 0. The Morgan fingerprint density at radius 1 is 1.18 bits per heavy atom. The maximum absolute atomic E-state index is 14.7. The number of hydrogen-bond donors (Lipinski definition) is 1. The number of carbonyl (C=O) groups excluding carboxylic acids is 3. The number of carbonyl (C=O) groups is 3. The zero-order valence-electron chi connectivity index (χ0n) is 24.8. The molecule has 0 radical (unpaired) electrons. The highest BCUT2D eigenvalue weighted by Crippen LogP contribution is 2.66. The molecule has 4 rings (SSSR count). The Kier molecular flexibility index (Phi) is 8.09. The third-order valence-electron chi connectivity index (χ3n) is 9.34. The Morgan fingerprint density at radius 3 is 2.35 bits per heavy atom. The van der Waals surface area contributed by atoms with Crippen LogP contribution >= 0.6 is 0 Å². The van der Waals surface area contributed by atoms with Crippen LogP contribution in [0.3, 0.4) is 0 Å². The highest BCUT2D eigenvalue weighted by atomic mass is 16.5. The normalized spacial score (nSPS) is 31.6. The minimum absolute atomic E-state index is 0.0675. The highest BCUT2D eigenvalue weighted by Gasteiger charge is 2.80. The number of amides is 3. The first-order chi connectivity index (χ1) is 18.8. The highest BCUT2D eigenvalue weighted by molar-refractivity contribution is 5.99. The van der Waals surface area contributed by atoms with E-state index >= 15 is 0 Å². The predicted molar refractivity (Wildman–Crippen MR) is 154 cm³/mol. The summed E-state index contributed by atoms with van der Waals surface area (Å²) < 4.78 is 6.88. The maximum atomic E-state index is 14.7. The Hall–Kier alpha value is -2.97. The number of benzene rings is 1. The van der Waals surface area contributed by atoms with Gasteiger partial charge in [0.15, 0.2) is 0 Å². The van der Waals surface area contributed by atoms with Gasteiger partial charge in [-0.1, -0.05) is 49.4 Å². The second-order valence-corrected chi connectivity index (χ2v) is 12.9. The number of likely N-dealkylation sites (tertiary alicyclic amines) is 1. The fourth-order valence-corrected chi connectivity index (χ4v) is 7.35. The maximum Gasteiger partial charge on any atom is 0.249 e. The Balaban J connectivity index is 1.88. The van der Waals surface area contributed by atoms with Gasteiger partial charge in [-0.25, -0.2) is 0 Å². The summed E-state index contributed by atoms with van der Waals surface area (Å²) in [6.45, 7) is 17.7. The molecule has 3 unspecified atom stereocenters. The summed E-state index contributed by atoms with van der Waals surface area (Å²) in [6.07, 6.45) is 4.17. The SMILES string of the molecule is C=CCN(C)C(=O)[C@@H]1[C@H]2C(=O)N([C@@H](CO)Cc3ccccc3)C(C(=O)N(CC=C)C(C)(C)C)C23CC(C)[C@@]1(C)O3. The number of aliphatic hydroxyl groups is 1. The van der Waals surface area contributed by atoms with Gasteiger partial charge >= 0.3 is 0 Å². The van der Waals surface area contributed by atoms with Crippen LogP contribution in [0.15, 0.2) is 55.6 Å². The van der Waals surface area contributed by atoms with Crippen LogP contribution in [0.25, 0.3) is 0 Å². The van der Waals surface area contributed by atoms with E-state index in [2.05, 4.69) is 13.2 Å². The number of nitrogens with zero attached hydrogens (tertiary/aromatic N) is 3. The van der Waals surface area contributed by atoms with Crippen LogP contribution in [-0.2, 0) is 25.5 Å². The molecule has 3 heterocycles. The van der Waals surface area contributed by atoms with Crippen molar-refractivity contribution in [1.29, 1.82) is 0 Å².